The normalized spacial score (nSPS) is 13.9. The second kappa shape index (κ2) is 9.73. The molecule has 0 unspecified atom stereocenters. The second-order valence-corrected chi connectivity index (χ2v) is 10.9. The molecule has 0 heterocycles. The van der Waals surface area contributed by atoms with Crippen LogP contribution in [-0.2, 0) is 20.2 Å². The van der Waals surface area contributed by atoms with Gasteiger partial charge in [-0.2, -0.15) is 0 Å². The Labute approximate surface area is 186 Å². The van der Waals surface area contributed by atoms with Crippen molar-refractivity contribution in [2.45, 2.75) is 58.6 Å². The first kappa shape index (κ1) is 24.7. The first-order chi connectivity index (χ1) is 14.3. The number of ether oxygens (including phenoxy) is 1. The summed E-state index contributed by atoms with van der Waals surface area (Å²) < 4.78 is 30.4. The van der Waals surface area contributed by atoms with Crippen LogP contribution in [0.1, 0.15) is 58.2 Å². The van der Waals surface area contributed by atoms with Crippen molar-refractivity contribution >= 4 is 21.6 Å². The molecule has 0 bridgehead atoms. The third-order valence-corrected chi connectivity index (χ3v) is 6.48. The molecule has 31 heavy (non-hydrogen) atoms. The van der Waals surface area contributed by atoms with Gasteiger partial charge in [0.05, 0.1) is 18.0 Å². The van der Waals surface area contributed by atoms with Gasteiger partial charge in [-0.05, 0) is 54.2 Å². The van der Waals surface area contributed by atoms with Gasteiger partial charge >= 0.3 is 0 Å². The molecule has 1 amide bonds. The van der Waals surface area contributed by atoms with Crippen molar-refractivity contribution in [3.05, 3.63) is 59.7 Å². The van der Waals surface area contributed by atoms with Crippen molar-refractivity contribution in [3.63, 3.8) is 0 Å². The molecular weight excluding hydrogens is 412 g/mol. The van der Waals surface area contributed by atoms with Gasteiger partial charge in [-0.3, -0.25) is 9.10 Å². The van der Waals surface area contributed by atoms with Crippen LogP contribution >= 0.6 is 0 Å². The Morgan fingerprint density at radius 2 is 1.61 bits per heavy atom. The summed E-state index contributed by atoms with van der Waals surface area (Å²) in [5.74, 6) is 0.321. The number of nitrogens with one attached hydrogen (secondary N) is 1. The van der Waals surface area contributed by atoms with Gasteiger partial charge in [-0.1, -0.05) is 52.0 Å². The molecule has 0 radical (unpaired) electrons. The molecule has 0 aliphatic carbocycles. The zero-order valence-corrected chi connectivity index (χ0v) is 20.3. The summed E-state index contributed by atoms with van der Waals surface area (Å²) in [5.41, 5.74) is 2.89. The molecule has 0 aliphatic rings. The predicted octanol–water partition coefficient (Wildman–Crippen LogP) is 4.41. The number of carbonyl (C=O) groups excluding carboxylic acids is 1. The summed E-state index contributed by atoms with van der Waals surface area (Å²) in [6.45, 7) is 10.3. The van der Waals surface area contributed by atoms with Gasteiger partial charge in [-0.25, -0.2) is 8.42 Å². The zero-order chi connectivity index (χ0) is 23.4. The summed E-state index contributed by atoms with van der Waals surface area (Å²) in [5, 5.41) is 3.02. The Hall–Kier alpha value is -2.54. The third kappa shape index (κ3) is 6.72. The predicted molar refractivity (Wildman–Crippen MR) is 126 cm³/mol. The summed E-state index contributed by atoms with van der Waals surface area (Å²) in [7, 11) is -1.84. The smallest absolute Gasteiger partial charge is 0.261 e. The van der Waals surface area contributed by atoms with Gasteiger partial charge in [0.1, 0.15) is 5.75 Å². The lowest BCUT2D eigenvalue weighted by Gasteiger charge is -2.23. The number of rotatable bonds is 8. The van der Waals surface area contributed by atoms with E-state index in [1.807, 2.05) is 26.0 Å². The fourth-order valence-electron chi connectivity index (χ4n) is 3.07. The fraction of sp³-hybridized carbons (Fsp3) is 0.458. The summed E-state index contributed by atoms with van der Waals surface area (Å²) in [4.78, 5) is 12.8. The van der Waals surface area contributed by atoms with E-state index in [1.165, 1.54) is 16.9 Å². The Kier molecular flexibility index (Phi) is 7.76. The van der Waals surface area contributed by atoms with Crippen LogP contribution in [0.4, 0.5) is 5.69 Å². The first-order valence-electron chi connectivity index (χ1n) is 10.4. The lowest BCUT2D eigenvalue weighted by atomic mass is 9.86. The highest BCUT2D eigenvalue weighted by molar-refractivity contribution is 7.92. The van der Waals surface area contributed by atoms with Gasteiger partial charge in [0, 0.05) is 7.05 Å². The summed E-state index contributed by atoms with van der Waals surface area (Å²) >= 11 is 0. The van der Waals surface area contributed by atoms with Crippen molar-refractivity contribution < 1.29 is 17.9 Å². The minimum absolute atomic E-state index is 0.0812. The number of benzene rings is 2. The second-order valence-electron chi connectivity index (χ2n) is 8.84. The largest absolute Gasteiger partial charge is 0.481 e. The van der Waals surface area contributed by atoms with E-state index < -0.39 is 16.1 Å². The number of anilines is 1. The molecule has 0 saturated carbocycles. The van der Waals surface area contributed by atoms with Gasteiger partial charge < -0.3 is 10.1 Å². The highest BCUT2D eigenvalue weighted by Gasteiger charge is 2.22. The Bertz CT molecular complexity index is 978. The maximum absolute atomic E-state index is 12.8. The standard InChI is InChI=1S/C24H34N2O4S/c1-8-22(30-21-15-13-20(14-16-21)26(6)31(7,28)29)23(27)25-17(2)18-9-11-19(12-10-18)24(3,4)5/h9-17,22H,8H2,1-7H3,(H,25,27)/t17-,22-/m1/s1. The van der Waals surface area contributed by atoms with Crippen LogP contribution in [0.15, 0.2) is 48.5 Å². The SMILES string of the molecule is CC[C@@H](Oc1ccc(N(C)S(C)(=O)=O)cc1)C(=O)N[C@H](C)c1ccc(C(C)(C)C)cc1. The molecule has 2 rings (SSSR count). The first-order valence-corrected chi connectivity index (χ1v) is 12.3. The highest BCUT2D eigenvalue weighted by atomic mass is 32.2. The number of amides is 1. The Morgan fingerprint density at radius 1 is 1.06 bits per heavy atom. The number of carbonyl (C=O) groups is 1. The number of nitrogens with zero attached hydrogens (tertiary/aromatic N) is 1. The molecule has 7 heteroatoms. The Morgan fingerprint density at radius 3 is 2.06 bits per heavy atom. The molecule has 170 valence electrons. The van der Waals surface area contributed by atoms with Gasteiger partial charge in [0.15, 0.2) is 6.10 Å². The van der Waals surface area contributed by atoms with E-state index in [0.717, 1.165) is 11.8 Å². The lowest BCUT2D eigenvalue weighted by Crippen LogP contribution is -2.39. The van der Waals surface area contributed by atoms with Crippen molar-refractivity contribution in [2.75, 3.05) is 17.6 Å². The highest BCUT2D eigenvalue weighted by Crippen LogP contribution is 2.25. The van der Waals surface area contributed by atoms with Crippen molar-refractivity contribution in [1.29, 1.82) is 0 Å². The molecule has 0 saturated heterocycles. The van der Waals surface area contributed by atoms with E-state index in [0.29, 0.717) is 17.9 Å². The topological polar surface area (TPSA) is 75.7 Å². The van der Waals surface area contributed by atoms with Crippen molar-refractivity contribution in [1.82, 2.24) is 5.32 Å². The van der Waals surface area contributed by atoms with Gasteiger partial charge in [0.2, 0.25) is 10.0 Å². The minimum Gasteiger partial charge on any atom is -0.481 e. The number of hydrogen-bond donors (Lipinski definition) is 1. The van der Waals surface area contributed by atoms with E-state index in [-0.39, 0.29) is 17.4 Å². The fourth-order valence-corrected chi connectivity index (χ4v) is 3.58. The van der Waals surface area contributed by atoms with Crippen LogP contribution in [0.5, 0.6) is 5.75 Å². The van der Waals surface area contributed by atoms with Gasteiger partial charge in [-0.15, -0.1) is 0 Å². The van der Waals surface area contributed by atoms with Gasteiger partial charge in [0.25, 0.3) is 5.91 Å². The molecule has 2 atom stereocenters. The molecule has 0 aliphatic heterocycles. The average Bonchev–Trinajstić information content (AvgIpc) is 2.70. The maximum atomic E-state index is 12.8. The van der Waals surface area contributed by atoms with E-state index in [1.54, 1.807) is 24.3 Å². The van der Waals surface area contributed by atoms with E-state index in [9.17, 15) is 13.2 Å². The van der Waals surface area contributed by atoms with Crippen LogP contribution < -0.4 is 14.4 Å². The molecule has 0 aromatic heterocycles. The molecule has 2 aromatic rings. The third-order valence-electron chi connectivity index (χ3n) is 5.27. The molecule has 1 N–H and O–H groups in total. The number of sulfonamides is 1. The zero-order valence-electron chi connectivity index (χ0n) is 19.5. The molecule has 0 fully saturated rings. The van der Waals surface area contributed by atoms with Crippen LogP contribution in [0.3, 0.4) is 0 Å². The average molecular weight is 447 g/mol. The van der Waals surface area contributed by atoms with Crippen LogP contribution in [-0.4, -0.2) is 33.7 Å². The van der Waals surface area contributed by atoms with Crippen LogP contribution in [0.2, 0.25) is 0 Å². The van der Waals surface area contributed by atoms with Crippen LogP contribution in [0, 0.1) is 0 Å². The summed E-state index contributed by atoms with van der Waals surface area (Å²) in [6, 6.07) is 14.8. The molecular formula is C24H34N2O4S. The van der Waals surface area contributed by atoms with E-state index >= 15 is 0 Å². The van der Waals surface area contributed by atoms with E-state index in [2.05, 4.69) is 38.2 Å². The quantitative estimate of drug-likeness (QED) is 0.651. The molecule has 0 spiro atoms. The van der Waals surface area contributed by atoms with E-state index in [4.69, 9.17) is 4.74 Å². The Balaban J connectivity index is 2.03. The number of hydrogen-bond acceptors (Lipinski definition) is 4. The molecule has 6 nitrogen and oxygen atoms in total. The summed E-state index contributed by atoms with van der Waals surface area (Å²) in [6.07, 6.45) is 1.01. The van der Waals surface area contributed by atoms with Crippen LogP contribution in [0.25, 0.3) is 0 Å². The monoisotopic (exact) mass is 446 g/mol. The molecule has 2 aromatic carbocycles. The lowest BCUT2D eigenvalue weighted by molar-refractivity contribution is -0.128. The maximum Gasteiger partial charge on any atom is 0.261 e. The van der Waals surface area contributed by atoms with Crippen molar-refractivity contribution in [2.24, 2.45) is 0 Å². The minimum atomic E-state index is -3.33. The van der Waals surface area contributed by atoms with Crippen molar-refractivity contribution in [3.8, 4) is 5.75 Å².